The van der Waals surface area contributed by atoms with E-state index >= 15 is 0 Å². The molecule has 25 heavy (non-hydrogen) atoms. The third-order valence-corrected chi connectivity index (χ3v) is 4.21. The molecule has 0 bridgehead atoms. The van der Waals surface area contributed by atoms with Crippen LogP contribution in [0.4, 0.5) is 5.69 Å². The van der Waals surface area contributed by atoms with Crippen molar-refractivity contribution in [2.24, 2.45) is 0 Å². The molecule has 1 N–H and O–H groups in total. The molecular formula is C16H20N4O4S. The molecule has 2 rings (SSSR count). The number of benzene rings is 1. The minimum atomic E-state index is -0.486. The van der Waals surface area contributed by atoms with Crippen molar-refractivity contribution in [2.45, 2.75) is 37.8 Å². The molecular weight excluding hydrogens is 344 g/mol. The lowest BCUT2D eigenvalue weighted by atomic mass is 10.2. The van der Waals surface area contributed by atoms with Crippen LogP contribution in [0, 0.1) is 10.1 Å². The zero-order valence-electron chi connectivity index (χ0n) is 13.9. The van der Waals surface area contributed by atoms with Gasteiger partial charge in [0.05, 0.1) is 10.7 Å². The van der Waals surface area contributed by atoms with Crippen LogP contribution in [-0.2, 0) is 4.79 Å². The van der Waals surface area contributed by atoms with Crippen LogP contribution in [0.15, 0.2) is 33.9 Å². The van der Waals surface area contributed by atoms with Gasteiger partial charge in [0.25, 0.3) is 10.9 Å². The van der Waals surface area contributed by atoms with Gasteiger partial charge in [-0.25, -0.2) is 0 Å². The zero-order valence-corrected chi connectivity index (χ0v) is 14.8. The summed E-state index contributed by atoms with van der Waals surface area (Å²) in [5.74, 6) is 0.285. The van der Waals surface area contributed by atoms with Crippen LogP contribution in [0.25, 0.3) is 11.5 Å². The molecule has 0 saturated heterocycles. The Morgan fingerprint density at radius 3 is 2.92 bits per heavy atom. The summed E-state index contributed by atoms with van der Waals surface area (Å²) in [4.78, 5) is 22.1. The van der Waals surface area contributed by atoms with E-state index in [1.165, 1.54) is 18.6 Å². The summed E-state index contributed by atoms with van der Waals surface area (Å²) in [6, 6.07) is 5.96. The van der Waals surface area contributed by atoms with E-state index in [-0.39, 0.29) is 28.5 Å². The molecule has 0 spiro atoms. The van der Waals surface area contributed by atoms with Gasteiger partial charge in [-0.1, -0.05) is 44.0 Å². The molecule has 0 aliphatic heterocycles. The topological polar surface area (TPSA) is 111 Å². The minimum Gasteiger partial charge on any atom is -0.411 e. The average Bonchev–Trinajstić information content (AvgIpc) is 3.09. The van der Waals surface area contributed by atoms with E-state index in [1.807, 2.05) is 0 Å². The highest BCUT2D eigenvalue weighted by molar-refractivity contribution is 7.99. The molecule has 9 heteroatoms. The number of carbonyl (C=O) groups excluding carboxylic acids is 1. The second kappa shape index (κ2) is 9.77. The van der Waals surface area contributed by atoms with Crippen molar-refractivity contribution in [3.8, 4) is 11.5 Å². The Balaban J connectivity index is 1.82. The summed E-state index contributed by atoms with van der Waals surface area (Å²) in [6.07, 6.45) is 4.42. The lowest BCUT2D eigenvalue weighted by molar-refractivity contribution is -0.384. The average molecular weight is 364 g/mol. The highest BCUT2D eigenvalue weighted by Gasteiger charge is 2.14. The zero-order chi connectivity index (χ0) is 18.1. The molecule has 134 valence electrons. The lowest BCUT2D eigenvalue weighted by Crippen LogP contribution is -2.26. The molecule has 1 heterocycles. The minimum absolute atomic E-state index is 0.0487. The molecule has 1 aromatic carbocycles. The fourth-order valence-electron chi connectivity index (χ4n) is 2.10. The molecule has 1 amide bonds. The largest absolute Gasteiger partial charge is 0.411 e. The van der Waals surface area contributed by atoms with Crippen molar-refractivity contribution in [1.29, 1.82) is 0 Å². The Labute approximate surface area is 149 Å². The first kappa shape index (κ1) is 18.9. The highest BCUT2D eigenvalue weighted by Crippen LogP contribution is 2.25. The third kappa shape index (κ3) is 6.18. The predicted molar refractivity (Wildman–Crippen MR) is 94.3 cm³/mol. The number of nitro groups is 1. The van der Waals surface area contributed by atoms with E-state index in [1.54, 1.807) is 12.1 Å². The lowest BCUT2D eigenvalue weighted by Gasteiger charge is -2.03. The molecule has 0 fully saturated rings. The summed E-state index contributed by atoms with van der Waals surface area (Å²) in [5.41, 5.74) is 0.418. The SMILES string of the molecule is CCCCCCNC(=O)CSc1nnc(-c2cccc([N+](=O)[O-])c2)o1. The van der Waals surface area contributed by atoms with Crippen LogP contribution < -0.4 is 5.32 Å². The summed E-state index contributed by atoms with van der Waals surface area (Å²) in [6.45, 7) is 2.81. The monoisotopic (exact) mass is 364 g/mol. The van der Waals surface area contributed by atoms with E-state index in [2.05, 4.69) is 22.4 Å². The van der Waals surface area contributed by atoms with Crippen LogP contribution in [-0.4, -0.2) is 33.3 Å². The van der Waals surface area contributed by atoms with Crippen LogP contribution in [0.2, 0.25) is 0 Å². The molecule has 0 atom stereocenters. The van der Waals surface area contributed by atoms with Crippen LogP contribution in [0.3, 0.4) is 0 Å². The summed E-state index contributed by atoms with van der Waals surface area (Å²) < 4.78 is 5.45. The fraction of sp³-hybridized carbons (Fsp3) is 0.438. The molecule has 0 saturated carbocycles. The van der Waals surface area contributed by atoms with E-state index in [0.29, 0.717) is 12.1 Å². The summed E-state index contributed by atoms with van der Waals surface area (Å²) in [7, 11) is 0. The van der Waals surface area contributed by atoms with Crippen molar-refractivity contribution in [3.05, 3.63) is 34.4 Å². The molecule has 2 aromatic rings. The number of carbonyl (C=O) groups is 1. The maximum absolute atomic E-state index is 11.7. The molecule has 0 radical (unpaired) electrons. The maximum Gasteiger partial charge on any atom is 0.277 e. The van der Waals surface area contributed by atoms with Crippen molar-refractivity contribution in [2.75, 3.05) is 12.3 Å². The van der Waals surface area contributed by atoms with Gasteiger partial charge < -0.3 is 9.73 Å². The number of rotatable bonds is 10. The number of nitrogens with zero attached hydrogens (tertiary/aromatic N) is 3. The van der Waals surface area contributed by atoms with Crippen molar-refractivity contribution >= 4 is 23.4 Å². The quantitative estimate of drug-likeness (QED) is 0.297. The van der Waals surface area contributed by atoms with Crippen LogP contribution in [0.1, 0.15) is 32.6 Å². The Bertz CT molecular complexity index is 720. The van der Waals surface area contributed by atoms with E-state index < -0.39 is 4.92 Å². The number of hydrogen-bond acceptors (Lipinski definition) is 7. The number of thioether (sulfide) groups is 1. The smallest absolute Gasteiger partial charge is 0.277 e. The van der Waals surface area contributed by atoms with Gasteiger partial charge in [-0.15, -0.1) is 10.2 Å². The fourth-order valence-corrected chi connectivity index (χ4v) is 2.69. The number of aromatic nitrogens is 2. The molecule has 0 aliphatic carbocycles. The Hall–Kier alpha value is -2.42. The standard InChI is InChI=1S/C16H20N4O4S/c1-2-3-4-5-9-17-14(21)11-25-16-19-18-15(24-16)12-7-6-8-13(10-12)20(22)23/h6-8,10H,2-5,9,11H2,1H3,(H,17,21). The van der Waals surface area contributed by atoms with E-state index in [9.17, 15) is 14.9 Å². The van der Waals surface area contributed by atoms with Gasteiger partial charge in [0.15, 0.2) is 0 Å². The van der Waals surface area contributed by atoms with Gasteiger partial charge in [0.2, 0.25) is 11.8 Å². The van der Waals surface area contributed by atoms with Crippen molar-refractivity contribution in [1.82, 2.24) is 15.5 Å². The van der Waals surface area contributed by atoms with Crippen LogP contribution >= 0.6 is 11.8 Å². The van der Waals surface area contributed by atoms with Gasteiger partial charge in [-0.05, 0) is 12.5 Å². The number of non-ortho nitro benzene ring substituents is 1. The predicted octanol–water partition coefficient (Wildman–Crippen LogP) is 3.43. The number of amides is 1. The molecule has 1 aromatic heterocycles. The van der Waals surface area contributed by atoms with Crippen molar-refractivity contribution < 1.29 is 14.1 Å². The molecule has 0 unspecified atom stereocenters. The first-order chi connectivity index (χ1) is 12.1. The maximum atomic E-state index is 11.7. The second-order valence-electron chi connectivity index (χ2n) is 5.38. The Morgan fingerprint density at radius 1 is 1.32 bits per heavy atom. The van der Waals surface area contributed by atoms with Crippen molar-refractivity contribution in [3.63, 3.8) is 0 Å². The van der Waals surface area contributed by atoms with Gasteiger partial charge in [0, 0.05) is 24.2 Å². The third-order valence-electron chi connectivity index (χ3n) is 3.39. The highest BCUT2D eigenvalue weighted by atomic mass is 32.2. The van der Waals surface area contributed by atoms with E-state index in [4.69, 9.17) is 4.42 Å². The first-order valence-electron chi connectivity index (χ1n) is 8.08. The van der Waals surface area contributed by atoms with Gasteiger partial charge >= 0.3 is 0 Å². The Morgan fingerprint density at radius 2 is 2.16 bits per heavy atom. The van der Waals surface area contributed by atoms with Gasteiger partial charge in [-0.2, -0.15) is 0 Å². The number of hydrogen-bond donors (Lipinski definition) is 1. The molecule has 0 aliphatic rings. The first-order valence-corrected chi connectivity index (χ1v) is 9.06. The Kier molecular flexibility index (Phi) is 7.39. The summed E-state index contributed by atoms with van der Waals surface area (Å²) in [5, 5.41) is 21.6. The van der Waals surface area contributed by atoms with Gasteiger partial charge in [-0.3, -0.25) is 14.9 Å². The number of nitrogens with one attached hydrogen (secondary N) is 1. The number of unbranched alkanes of at least 4 members (excludes halogenated alkanes) is 3. The van der Waals surface area contributed by atoms with Gasteiger partial charge in [0.1, 0.15) is 0 Å². The second-order valence-corrected chi connectivity index (χ2v) is 6.31. The van der Waals surface area contributed by atoms with Crippen LogP contribution in [0.5, 0.6) is 0 Å². The summed E-state index contributed by atoms with van der Waals surface area (Å²) >= 11 is 1.14. The molecule has 8 nitrogen and oxygen atoms in total. The van der Waals surface area contributed by atoms with E-state index in [0.717, 1.165) is 31.0 Å². The number of nitro benzene ring substituents is 1. The normalized spacial score (nSPS) is 10.6.